The van der Waals surface area contributed by atoms with E-state index in [4.69, 9.17) is 4.74 Å². The molecule has 0 radical (unpaired) electrons. The number of amides is 2. The van der Waals surface area contributed by atoms with E-state index in [1.54, 1.807) is 37.3 Å². The van der Waals surface area contributed by atoms with Gasteiger partial charge in [-0.15, -0.1) is 0 Å². The van der Waals surface area contributed by atoms with Gasteiger partial charge in [-0.25, -0.2) is 8.42 Å². The summed E-state index contributed by atoms with van der Waals surface area (Å²) in [7, 11) is -2.99. The number of benzene rings is 3. The molecule has 3 aromatic rings. The molecule has 0 aromatic heterocycles. The molecule has 0 heterocycles. The van der Waals surface area contributed by atoms with Gasteiger partial charge < -0.3 is 15.0 Å². The molecular weight excluding hydrogens is 583 g/mol. The summed E-state index contributed by atoms with van der Waals surface area (Å²) in [5, 5.41) is 2.88. The molecule has 0 saturated heterocycles. The third kappa shape index (κ3) is 8.50. The van der Waals surface area contributed by atoms with Gasteiger partial charge in [-0.3, -0.25) is 13.9 Å². The second kappa shape index (κ2) is 14.4. The van der Waals surface area contributed by atoms with Crippen LogP contribution in [-0.2, 0) is 32.3 Å². The Labute approximate surface area is 250 Å². The third-order valence-corrected chi connectivity index (χ3v) is 8.76. The van der Waals surface area contributed by atoms with Crippen LogP contribution < -0.4 is 14.4 Å². The molecule has 0 saturated carbocycles. The quantitative estimate of drug-likeness (QED) is 0.268. The Morgan fingerprint density at radius 2 is 1.58 bits per heavy atom. The summed E-state index contributed by atoms with van der Waals surface area (Å²) in [5.41, 5.74) is -0.769. The van der Waals surface area contributed by atoms with Crippen molar-refractivity contribution in [3.05, 3.63) is 90.0 Å². The molecule has 3 rings (SSSR count). The van der Waals surface area contributed by atoms with Crippen LogP contribution in [0.15, 0.2) is 83.8 Å². The van der Waals surface area contributed by atoms with E-state index in [-0.39, 0.29) is 29.6 Å². The number of carbonyl (C=O) groups excluding carboxylic acids is 2. The maximum atomic E-state index is 14.1. The standard InChI is InChI=1S/C31H36F3N3O5S/c1-5-22(3)35-30(39)28(6-2)36(20-23-15-17-26(42-4)18-16-23)29(38)21-37(43(40,41)27-13-8-7-9-14-27)25-12-10-11-24(19-25)31(32,33)34/h7-19,22,28H,5-6,20-21H2,1-4H3,(H,35,39)/t22-,28+/m0/s1. The highest BCUT2D eigenvalue weighted by molar-refractivity contribution is 7.92. The minimum Gasteiger partial charge on any atom is -0.497 e. The second-order valence-electron chi connectivity index (χ2n) is 9.98. The predicted molar refractivity (Wildman–Crippen MR) is 158 cm³/mol. The molecule has 0 aliphatic rings. The molecule has 0 fully saturated rings. The fourth-order valence-electron chi connectivity index (χ4n) is 4.37. The van der Waals surface area contributed by atoms with Crippen molar-refractivity contribution in [1.29, 1.82) is 0 Å². The molecule has 1 N–H and O–H groups in total. The van der Waals surface area contributed by atoms with Crippen LogP contribution in [0.25, 0.3) is 0 Å². The largest absolute Gasteiger partial charge is 0.497 e. The maximum absolute atomic E-state index is 14.1. The van der Waals surface area contributed by atoms with Gasteiger partial charge in [0.15, 0.2) is 0 Å². The normalized spacial score (nSPS) is 13.1. The first-order valence-electron chi connectivity index (χ1n) is 13.8. The summed E-state index contributed by atoms with van der Waals surface area (Å²) >= 11 is 0. The van der Waals surface area contributed by atoms with Crippen LogP contribution in [0.4, 0.5) is 18.9 Å². The molecule has 12 heteroatoms. The number of sulfonamides is 1. The van der Waals surface area contributed by atoms with Crippen molar-refractivity contribution in [1.82, 2.24) is 10.2 Å². The number of ether oxygens (including phenoxy) is 1. The molecular formula is C31H36F3N3O5S. The SMILES string of the molecule is CC[C@H](C(=O)N[C@@H](C)CC)N(Cc1ccc(OC)cc1)C(=O)CN(c1cccc(C(F)(F)F)c1)S(=O)(=O)c1ccccc1. The molecule has 0 spiro atoms. The van der Waals surface area contributed by atoms with Crippen LogP contribution >= 0.6 is 0 Å². The van der Waals surface area contributed by atoms with E-state index in [0.29, 0.717) is 28.1 Å². The molecule has 0 unspecified atom stereocenters. The monoisotopic (exact) mass is 619 g/mol. The molecule has 2 atom stereocenters. The van der Waals surface area contributed by atoms with Crippen molar-refractivity contribution in [2.24, 2.45) is 0 Å². The fraction of sp³-hybridized carbons (Fsp3) is 0.355. The highest BCUT2D eigenvalue weighted by atomic mass is 32.2. The van der Waals surface area contributed by atoms with Gasteiger partial charge in [-0.05, 0) is 67.8 Å². The lowest BCUT2D eigenvalue weighted by atomic mass is 10.1. The summed E-state index contributed by atoms with van der Waals surface area (Å²) in [5.74, 6) is -0.609. The van der Waals surface area contributed by atoms with E-state index in [0.717, 1.165) is 12.1 Å². The average Bonchev–Trinajstić information content (AvgIpc) is 2.99. The molecule has 8 nitrogen and oxygen atoms in total. The molecule has 0 bridgehead atoms. The van der Waals surface area contributed by atoms with Crippen LogP contribution in [0.1, 0.15) is 44.7 Å². The van der Waals surface area contributed by atoms with E-state index in [1.165, 1.54) is 42.3 Å². The van der Waals surface area contributed by atoms with E-state index < -0.39 is 46.2 Å². The Morgan fingerprint density at radius 1 is 0.930 bits per heavy atom. The molecule has 0 aliphatic carbocycles. The number of hydrogen-bond acceptors (Lipinski definition) is 5. The number of hydrogen-bond donors (Lipinski definition) is 1. The Balaban J connectivity index is 2.10. The zero-order valence-corrected chi connectivity index (χ0v) is 25.3. The zero-order chi connectivity index (χ0) is 31.8. The van der Waals surface area contributed by atoms with Crippen LogP contribution in [0, 0.1) is 0 Å². The van der Waals surface area contributed by atoms with Gasteiger partial charge in [0.25, 0.3) is 10.0 Å². The summed E-state index contributed by atoms with van der Waals surface area (Å²) < 4.78 is 74.3. The molecule has 0 aliphatic heterocycles. The minimum absolute atomic E-state index is 0.0585. The lowest BCUT2D eigenvalue weighted by Gasteiger charge is -2.34. The van der Waals surface area contributed by atoms with Gasteiger partial charge in [0, 0.05) is 12.6 Å². The van der Waals surface area contributed by atoms with Crippen molar-refractivity contribution in [2.45, 2.75) is 63.3 Å². The smallest absolute Gasteiger partial charge is 0.416 e. The van der Waals surface area contributed by atoms with E-state index in [2.05, 4.69) is 5.32 Å². The van der Waals surface area contributed by atoms with Crippen molar-refractivity contribution >= 4 is 27.5 Å². The number of carbonyl (C=O) groups is 2. The van der Waals surface area contributed by atoms with E-state index in [1.807, 2.05) is 13.8 Å². The van der Waals surface area contributed by atoms with Gasteiger partial charge in [0.2, 0.25) is 11.8 Å². The first kappa shape index (κ1) is 33.4. The minimum atomic E-state index is -4.75. The van der Waals surface area contributed by atoms with E-state index >= 15 is 0 Å². The van der Waals surface area contributed by atoms with Crippen molar-refractivity contribution in [2.75, 3.05) is 18.0 Å². The Bertz CT molecular complexity index is 1480. The first-order chi connectivity index (χ1) is 20.3. The zero-order valence-electron chi connectivity index (χ0n) is 24.5. The number of rotatable bonds is 13. The number of nitrogens with zero attached hydrogens (tertiary/aromatic N) is 2. The summed E-state index contributed by atoms with van der Waals surface area (Å²) in [6.07, 6.45) is -3.89. The Hall–Kier alpha value is -4.06. The summed E-state index contributed by atoms with van der Waals surface area (Å²) in [4.78, 5) is 28.5. The molecule has 232 valence electrons. The third-order valence-electron chi connectivity index (χ3n) is 6.97. The molecule has 43 heavy (non-hydrogen) atoms. The van der Waals surface area contributed by atoms with Gasteiger partial charge in [0.05, 0.1) is 23.3 Å². The fourth-order valence-corrected chi connectivity index (χ4v) is 5.80. The first-order valence-corrected chi connectivity index (χ1v) is 15.2. The van der Waals surface area contributed by atoms with Gasteiger partial charge in [-0.2, -0.15) is 13.2 Å². The Kier molecular flexibility index (Phi) is 11.2. The lowest BCUT2D eigenvalue weighted by Crippen LogP contribution is -2.53. The topological polar surface area (TPSA) is 96.0 Å². The van der Waals surface area contributed by atoms with Crippen LogP contribution in [-0.4, -0.2) is 50.9 Å². The number of nitrogens with one attached hydrogen (secondary N) is 1. The highest BCUT2D eigenvalue weighted by Gasteiger charge is 2.36. The Morgan fingerprint density at radius 3 is 2.14 bits per heavy atom. The molecule has 2 amide bonds. The lowest BCUT2D eigenvalue weighted by molar-refractivity contribution is -0.140. The van der Waals surface area contributed by atoms with Gasteiger partial charge >= 0.3 is 6.18 Å². The highest BCUT2D eigenvalue weighted by Crippen LogP contribution is 2.33. The van der Waals surface area contributed by atoms with Crippen molar-refractivity contribution in [3.8, 4) is 5.75 Å². The van der Waals surface area contributed by atoms with Crippen LogP contribution in [0.2, 0.25) is 0 Å². The van der Waals surface area contributed by atoms with Gasteiger partial charge in [0.1, 0.15) is 18.3 Å². The number of halogens is 3. The predicted octanol–water partition coefficient (Wildman–Crippen LogP) is 5.63. The number of anilines is 1. The molecule has 3 aromatic carbocycles. The summed E-state index contributed by atoms with van der Waals surface area (Å²) in [6, 6.07) is 16.6. The van der Waals surface area contributed by atoms with Crippen LogP contribution in [0.3, 0.4) is 0 Å². The average molecular weight is 620 g/mol. The maximum Gasteiger partial charge on any atom is 0.416 e. The second-order valence-corrected chi connectivity index (χ2v) is 11.8. The number of methoxy groups -OCH3 is 1. The van der Waals surface area contributed by atoms with E-state index in [9.17, 15) is 31.2 Å². The van der Waals surface area contributed by atoms with Crippen LogP contribution in [0.5, 0.6) is 5.75 Å². The van der Waals surface area contributed by atoms with Crippen molar-refractivity contribution in [3.63, 3.8) is 0 Å². The van der Waals surface area contributed by atoms with Gasteiger partial charge in [-0.1, -0.05) is 50.2 Å². The number of alkyl halides is 3. The van der Waals surface area contributed by atoms with Crippen molar-refractivity contribution < 1.29 is 35.9 Å². The summed E-state index contributed by atoms with van der Waals surface area (Å²) in [6.45, 7) is 4.54.